The number of amides is 1. The molecule has 1 fully saturated rings. The van der Waals surface area contributed by atoms with Crippen LogP contribution in [-0.2, 0) is 11.3 Å². The van der Waals surface area contributed by atoms with E-state index in [-0.39, 0.29) is 30.6 Å². The van der Waals surface area contributed by atoms with E-state index in [0.29, 0.717) is 17.7 Å². The number of aliphatic imine (C=N–C) groups is 1. The average molecular weight is 488 g/mol. The van der Waals surface area contributed by atoms with Crippen LogP contribution in [-0.4, -0.2) is 43.5 Å². The minimum absolute atomic E-state index is 0. The van der Waals surface area contributed by atoms with Gasteiger partial charge in [-0.2, -0.15) is 0 Å². The Balaban J connectivity index is 0.00000364. The number of likely N-dealkylation sites (tertiary alicyclic amines) is 1. The van der Waals surface area contributed by atoms with Gasteiger partial charge in [0.05, 0.1) is 0 Å². The van der Waals surface area contributed by atoms with Gasteiger partial charge in [-0.05, 0) is 42.4 Å². The van der Waals surface area contributed by atoms with Crippen LogP contribution in [0.3, 0.4) is 0 Å². The van der Waals surface area contributed by atoms with Gasteiger partial charge in [0.25, 0.3) is 5.91 Å². The number of nitrogens with one attached hydrogen (secondary N) is 1. The molecular weight excluding hydrogens is 455 g/mol. The molecule has 1 unspecified atom stereocenters. The fraction of sp³-hybridized carbons (Fsp3) is 0.600. The van der Waals surface area contributed by atoms with Gasteiger partial charge < -0.3 is 20.7 Å². The molecule has 7 heteroatoms. The van der Waals surface area contributed by atoms with Crippen molar-refractivity contribution in [2.75, 3.05) is 26.7 Å². The van der Waals surface area contributed by atoms with E-state index >= 15 is 0 Å². The van der Waals surface area contributed by atoms with Crippen molar-refractivity contribution < 1.29 is 9.53 Å². The van der Waals surface area contributed by atoms with Crippen molar-refractivity contribution >= 4 is 35.8 Å². The number of carbonyl (C=O) groups excluding carboxylic acids is 1. The summed E-state index contributed by atoms with van der Waals surface area (Å²) >= 11 is 0. The Morgan fingerprint density at radius 3 is 2.89 bits per heavy atom. The summed E-state index contributed by atoms with van der Waals surface area (Å²) in [5, 5.41) is 3.46. The third-order valence-corrected chi connectivity index (χ3v) is 4.88. The van der Waals surface area contributed by atoms with Crippen LogP contribution >= 0.6 is 24.0 Å². The van der Waals surface area contributed by atoms with E-state index in [0.717, 1.165) is 24.6 Å². The summed E-state index contributed by atoms with van der Waals surface area (Å²) < 4.78 is 5.37. The Kier molecular flexibility index (Phi) is 9.90. The zero-order valence-corrected chi connectivity index (χ0v) is 19.0. The molecule has 0 saturated carbocycles. The molecule has 6 nitrogen and oxygen atoms in total. The Morgan fingerprint density at radius 1 is 1.44 bits per heavy atom. The second-order valence-electron chi connectivity index (χ2n) is 7.39. The number of carbonyl (C=O) groups is 1. The van der Waals surface area contributed by atoms with Crippen LogP contribution in [0.1, 0.15) is 45.1 Å². The number of ether oxygens (including phenoxy) is 1. The molecule has 1 aliphatic heterocycles. The minimum atomic E-state index is -0.478. The maximum absolute atomic E-state index is 10.8. The molecule has 1 amide bonds. The Morgan fingerprint density at radius 2 is 2.22 bits per heavy atom. The van der Waals surface area contributed by atoms with Gasteiger partial charge in [-0.1, -0.05) is 32.4 Å². The number of benzene rings is 1. The molecular formula is C20H33IN4O2. The summed E-state index contributed by atoms with van der Waals surface area (Å²) in [6, 6.07) is 7.67. The molecule has 0 aromatic heterocycles. The Bertz CT molecular complexity index is 634. The third kappa shape index (κ3) is 7.56. The van der Waals surface area contributed by atoms with E-state index in [2.05, 4.69) is 29.1 Å². The summed E-state index contributed by atoms with van der Waals surface area (Å²) in [5.41, 5.74) is 6.56. The molecule has 1 heterocycles. The molecule has 1 aliphatic rings. The van der Waals surface area contributed by atoms with Gasteiger partial charge >= 0.3 is 0 Å². The molecule has 0 aliphatic carbocycles. The molecule has 2 rings (SSSR count). The first-order valence-electron chi connectivity index (χ1n) is 9.41. The molecule has 3 N–H and O–H groups in total. The van der Waals surface area contributed by atoms with E-state index in [1.54, 1.807) is 0 Å². The van der Waals surface area contributed by atoms with Gasteiger partial charge in [0.15, 0.2) is 12.6 Å². The second kappa shape index (κ2) is 11.4. The molecule has 1 aromatic carbocycles. The zero-order chi connectivity index (χ0) is 19.0. The smallest absolute Gasteiger partial charge is 0.255 e. The molecule has 1 aromatic rings. The second-order valence-corrected chi connectivity index (χ2v) is 7.39. The zero-order valence-electron chi connectivity index (χ0n) is 16.7. The van der Waals surface area contributed by atoms with E-state index in [9.17, 15) is 4.79 Å². The van der Waals surface area contributed by atoms with E-state index in [1.165, 1.54) is 25.7 Å². The SMILES string of the molecule is CCCC1(C)CCCN(C(=NC)NCc2cccc(OCC(N)=O)c2)C1.I. The van der Waals surface area contributed by atoms with Gasteiger partial charge in [-0.25, -0.2) is 0 Å². The summed E-state index contributed by atoms with van der Waals surface area (Å²) in [7, 11) is 1.83. The number of nitrogens with two attached hydrogens (primary N) is 1. The first kappa shape index (κ1) is 23.5. The first-order chi connectivity index (χ1) is 12.5. The fourth-order valence-corrected chi connectivity index (χ4v) is 3.72. The summed E-state index contributed by atoms with van der Waals surface area (Å²) in [6.07, 6.45) is 4.95. The highest BCUT2D eigenvalue weighted by atomic mass is 127. The number of guanidine groups is 1. The van der Waals surface area contributed by atoms with Crippen LogP contribution in [0.4, 0.5) is 0 Å². The Labute approximate surface area is 179 Å². The summed E-state index contributed by atoms with van der Waals surface area (Å²) in [5.74, 6) is 1.11. The predicted molar refractivity (Wildman–Crippen MR) is 121 cm³/mol. The largest absolute Gasteiger partial charge is 0.484 e. The highest BCUT2D eigenvalue weighted by Crippen LogP contribution is 2.33. The molecule has 1 atom stereocenters. The van der Waals surface area contributed by atoms with Gasteiger partial charge in [0.2, 0.25) is 0 Å². The van der Waals surface area contributed by atoms with E-state index in [4.69, 9.17) is 10.5 Å². The lowest BCUT2D eigenvalue weighted by molar-refractivity contribution is -0.119. The fourth-order valence-electron chi connectivity index (χ4n) is 3.72. The summed E-state index contributed by atoms with van der Waals surface area (Å²) in [6.45, 7) is 7.27. The first-order valence-corrected chi connectivity index (χ1v) is 9.41. The molecule has 27 heavy (non-hydrogen) atoms. The van der Waals surface area contributed by atoms with Crippen LogP contribution in [0, 0.1) is 5.41 Å². The molecule has 0 spiro atoms. The van der Waals surface area contributed by atoms with Crippen molar-refractivity contribution in [2.45, 2.75) is 46.1 Å². The van der Waals surface area contributed by atoms with Crippen LogP contribution in [0.25, 0.3) is 0 Å². The number of halogens is 1. The van der Waals surface area contributed by atoms with Gasteiger partial charge in [-0.15, -0.1) is 24.0 Å². The number of nitrogens with zero attached hydrogens (tertiary/aromatic N) is 2. The molecule has 152 valence electrons. The van der Waals surface area contributed by atoms with Gasteiger partial charge in [-0.3, -0.25) is 9.79 Å². The van der Waals surface area contributed by atoms with Crippen molar-refractivity contribution in [2.24, 2.45) is 16.1 Å². The topological polar surface area (TPSA) is 79.9 Å². The average Bonchev–Trinajstić information content (AvgIpc) is 2.61. The monoisotopic (exact) mass is 488 g/mol. The number of hydrogen-bond donors (Lipinski definition) is 2. The highest BCUT2D eigenvalue weighted by molar-refractivity contribution is 14.0. The van der Waals surface area contributed by atoms with Crippen molar-refractivity contribution in [3.8, 4) is 5.75 Å². The normalized spacial score (nSPS) is 20.0. The molecule has 1 saturated heterocycles. The maximum atomic E-state index is 10.8. The molecule has 0 radical (unpaired) electrons. The number of piperidine rings is 1. The third-order valence-electron chi connectivity index (χ3n) is 4.88. The molecule has 0 bridgehead atoms. The van der Waals surface area contributed by atoms with Crippen LogP contribution in [0.15, 0.2) is 29.3 Å². The Hall–Kier alpha value is -1.51. The minimum Gasteiger partial charge on any atom is -0.484 e. The standard InChI is InChI=1S/C20H32N4O2.HI/c1-4-9-20(2)10-6-11-24(15-20)19(22-3)23-13-16-7-5-8-17(12-16)26-14-18(21)25;/h5,7-8,12H,4,6,9-11,13-15H2,1-3H3,(H2,21,25)(H,22,23);1H. The number of primary amides is 1. The lowest BCUT2D eigenvalue weighted by atomic mass is 9.78. The van der Waals surface area contributed by atoms with Gasteiger partial charge in [0.1, 0.15) is 5.75 Å². The highest BCUT2D eigenvalue weighted by Gasteiger charge is 2.31. The van der Waals surface area contributed by atoms with Crippen molar-refractivity contribution in [1.29, 1.82) is 0 Å². The maximum Gasteiger partial charge on any atom is 0.255 e. The lowest BCUT2D eigenvalue weighted by Gasteiger charge is -2.42. The predicted octanol–water partition coefficient (Wildman–Crippen LogP) is 3.15. The van der Waals surface area contributed by atoms with Crippen LogP contribution in [0.5, 0.6) is 5.75 Å². The van der Waals surface area contributed by atoms with Crippen molar-refractivity contribution in [3.05, 3.63) is 29.8 Å². The van der Waals surface area contributed by atoms with Crippen molar-refractivity contribution in [1.82, 2.24) is 10.2 Å². The quantitative estimate of drug-likeness (QED) is 0.351. The van der Waals surface area contributed by atoms with Gasteiger partial charge in [0, 0.05) is 26.7 Å². The van der Waals surface area contributed by atoms with Crippen LogP contribution < -0.4 is 15.8 Å². The van der Waals surface area contributed by atoms with Crippen LogP contribution in [0.2, 0.25) is 0 Å². The van der Waals surface area contributed by atoms with Crippen molar-refractivity contribution in [3.63, 3.8) is 0 Å². The number of hydrogen-bond acceptors (Lipinski definition) is 3. The lowest BCUT2D eigenvalue weighted by Crippen LogP contribution is -2.49. The van der Waals surface area contributed by atoms with E-state index < -0.39 is 5.91 Å². The number of rotatable bonds is 7. The van der Waals surface area contributed by atoms with E-state index in [1.807, 2.05) is 31.3 Å². The summed E-state index contributed by atoms with van der Waals surface area (Å²) in [4.78, 5) is 17.7.